The van der Waals surface area contributed by atoms with Crippen molar-refractivity contribution < 1.29 is 23.1 Å². The zero-order valence-corrected chi connectivity index (χ0v) is 12.1. The number of halogens is 3. The summed E-state index contributed by atoms with van der Waals surface area (Å²) in [6.45, 7) is 0.438. The van der Waals surface area contributed by atoms with E-state index in [-0.39, 0.29) is 34.2 Å². The van der Waals surface area contributed by atoms with Crippen molar-refractivity contribution in [3.8, 4) is 0 Å². The molecule has 0 saturated heterocycles. The highest BCUT2D eigenvalue weighted by Gasteiger charge is 2.42. The number of hydrogen-bond acceptors (Lipinski definition) is 3. The number of carbonyl (C=O) groups excluding carboxylic acids is 1. The molecule has 21 heavy (non-hydrogen) atoms. The Kier molecular flexibility index (Phi) is 4.83. The third kappa shape index (κ3) is 4.64. The molecule has 116 valence electrons. The highest BCUT2D eigenvalue weighted by atomic mass is 32.2. The summed E-state index contributed by atoms with van der Waals surface area (Å²) in [5.74, 6) is -0.508. The second-order valence-corrected chi connectivity index (χ2v) is 6.31. The first-order valence-corrected chi connectivity index (χ1v) is 7.41. The minimum Gasteiger partial charge on any atom is -0.396 e. The van der Waals surface area contributed by atoms with E-state index in [9.17, 15) is 18.0 Å². The Labute approximate surface area is 124 Å². The summed E-state index contributed by atoms with van der Waals surface area (Å²) in [6, 6.07) is 5.68. The Bertz CT molecular complexity index is 515. The number of aliphatic hydroxyl groups excluding tert-OH is 1. The summed E-state index contributed by atoms with van der Waals surface area (Å²) >= 11 is -0.286. The van der Waals surface area contributed by atoms with Crippen LogP contribution in [0.3, 0.4) is 0 Å². The van der Waals surface area contributed by atoms with Crippen molar-refractivity contribution in [2.45, 2.75) is 29.7 Å². The van der Waals surface area contributed by atoms with Gasteiger partial charge in [-0.3, -0.25) is 4.79 Å². The van der Waals surface area contributed by atoms with Gasteiger partial charge in [0, 0.05) is 18.0 Å². The number of nitrogens with one attached hydrogen (secondary N) is 1. The van der Waals surface area contributed by atoms with Crippen molar-refractivity contribution in [1.82, 2.24) is 5.32 Å². The molecule has 1 fully saturated rings. The quantitative estimate of drug-likeness (QED) is 0.792. The van der Waals surface area contributed by atoms with Gasteiger partial charge in [-0.25, -0.2) is 0 Å². The fraction of sp³-hybridized carbons (Fsp3) is 0.500. The summed E-state index contributed by atoms with van der Waals surface area (Å²) in [6.07, 6.45) is 2.45. The average Bonchev–Trinajstić information content (AvgIpc) is 3.16. The Morgan fingerprint density at radius 1 is 1.33 bits per heavy atom. The Morgan fingerprint density at radius 3 is 2.57 bits per heavy atom. The largest absolute Gasteiger partial charge is 0.446 e. The van der Waals surface area contributed by atoms with E-state index in [0.29, 0.717) is 13.0 Å². The number of hydrogen-bond donors (Lipinski definition) is 2. The highest BCUT2D eigenvalue weighted by Crippen LogP contribution is 2.48. The van der Waals surface area contributed by atoms with Crippen LogP contribution in [-0.4, -0.2) is 29.7 Å². The summed E-state index contributed by atoms with van der Waals surface area (Å²) in [7, 11) is 0. The predicted molar refractivity (Wildman–Crippen MR) is 74.1 cm³/mol. The van der Waals surface area contributed by atoms with Crippen LogP contribution in [0.4, 0.5) is 13.2 Å². The standard InChI is InChI=1S/C14H16F3NO2S/c15-14(16,17)21-11-4-2-1-3-10(11)12(20)18-9-13(5-6-13)7-8-19/h1-4,19H,5-9H2,(H,18,20). The van der Waals surface area contributed by atoms with Crippen LogP contribution < -0.4 is 5.32 Å². The van der Waals surface area contributed by atoms with E-state index in [4.69, 9.17) is 5.11 Å². The molecule has 0 atom stereocenters. The molecule has 3 nitrogen and oxygen atoms in total. The van der Waals surface area contributed by atoms with E-state index in [0.717, 1.165) is 12.8 Å². The molecule has 2 rings (SSSR count). The van der Waals surface area contributed by atoms with Crippen molar-refractivity contribution in [1.29, 1.82) is 0 Å². The van der Waals surface area contributed by atoms with E-state index in [1.54, 1.807) is 0 Å². The predicted octanol–water partition coefficient (Wildman–Crippen LogP) is 3.19. The maximum Gasteiger partial charge on any atom is 0.446 e. The minimum absolute atomic E-state index is 0.0274. The van der Waals surface area contributed by atoms with Gasteiger partial charge >= 0.3 is 5.51 Å². The van der Waals surface area contributed by atoms with Gasteiger partial charge in [-0.05, 0) is 48.6 Å². The molecule has 0 unspecified atom stereocenters. The topological polar surface area (TPSA) is 49.3 Å². The third-order valence-electron chi connectivity index (χ3n) is 3.58. The van der Waals surface area contributed by atoms with Crippen LogP contribution in [0, 0.1) is 5.41 Å². The molecule has 1 aromatic rings. The van der Waals surface area contributed by atoms with Crippen molar-refractivity contribution in [3.05, 3.63) is 29.8 Å². The normalized spacial score (nSPS) is 16.6. The lowest BCUT2D eigenvalue weighted by Gasteiger charge is -2.16. The number of benzene rings is 1. The number of aliphatic hydroxyl groups is 1. The zero-order chi connectivity index (χ0) is 15.5. The van der Waals surface area contributed by atoms with Crippen LogP contribution in [0.5, 0.6) is 0 Å². The van der Waals surface area contributed by atoms with Crippen LogP contribution >= 0.6 is 11.8 Å². The number of carbonyl (C=O) groups is 1. The number of thioether (sulfide) groups is 1. The van der Waals surface area contributed by atoms with Crippen LogP contribution in [0.2, 0.25) is 0 Å². The van der Waals surface area contributed by atoms with Gasteiger partial charge in [0.05, 0.1) is 5.56 Å². The lowest BCUT2D eigenvalue weighted by Crippen LogP contribution is -2.31. The van der Waals surface area contributed by atoms with Gasteiger partial charge in [0.2, 0.25) is 0 Å². The summed E-state index contributed by atoms with van der Waals surface area (Å²) in [4.78, 5) is 12.0. The fourth-order valence-electron chi connectivity index (χ4n) is 2.16. The Morgan fingerprint density at radius 2 is 2.00 bits per heavy atom. The first-order valence-electron chi connectivity index (χ1n) is 6.59. The summed E-state index contributed by atoms with van der Waals surface area (Å²) < 4.78 is 37.4. The molecule has 0 aliphatic heterocycles. The van der Waals surface area contributed by atoms with Crippen LogP contribution in [0.1, 0.15) is 29.6 Å². The highest BCUT2D eigenvalue weighted by molar-refractivity contribution is 8.00. The first kappa shape index (κ1) is 16.2. The molecule has 1 amide bonds. The molecule has 1 aromatic carbocycles. The van der Waals surface area contributed by atoms with E-state index in [1.165, 1.54) is 24.3 Å². The SMILES string of the molecule is O=C(NCC1(CCO)CC1)c1ccccc1SC(F)(F)F. The molecule has 1 saturated carbocycles. The van der Waals surface area contributed by atoms with E-state index in [2.05, 4.69) is 5.32 Å². The van der Waals surface area contributed by atoms with Gasteiger partial charge in [0.15, 0.2) is 0 Å². The van der Waals surface area contributed by atoms with Gasteiger partial charge in [-0.2, -0.15) is 13.2 Å². The fourth-order valence-corrected chi connectivity index (χ4v) is 2.83. The van der Waals surface area contributed by atoms with Crippen molar-refractivity contribution in [2.75, 3.05) is 13.2 Å². The molecule has 0 spiro atoms. The van der Waals surface area contributed by atoms with Crippen molar-refractivity contribution >= 4 is 17.7 Å². The minimum atomic E-state index is -4.43. The average molecular weight is 319 g/mol. The maximum absolute atomic E-state index is 12.5. The molecule has 0 bridgehead atoms. The zero-order valence-electron chi connectivity index (χ0n) is 11.2. The first-order chi connectivity index (χ1) is 9.85. The molecular weight excluding hydrogens is 303 g/mol. The Hall–Kier alpha value is -1.21. The molecule has 7 heteroatoms. The van der Waals surface area contributed by atoms with E-state index < -0.39 is 11.4 Å². The van der Waals surface area contributed by atoms with Gasteiger partial charge in [0.25, 0.3) is 5.91 Å². The molecule has 2 N–H and O–H groups in total. The summed E-state index contributed by atoms with van der Waals surface area (Å²) in [5, 5.41) is 11.6. The smallest absolute Gasteiger partial charge is 0.396 e. The monoisotopic (exact) mass is 319 g/mol. The van der Waals surface area contributed by atoms with Crippen LogP contribution in [0.15, 0.2) is 29.2 Å². The van der Waals surface area contributed by atoms with Gasteiger partial charge in [0.1, 0.15) is 0 Å². The van der Waals surface area contributed by atoms with Gasteiger partial charge in [-0.15, -0.1) is 0 Å². The molecule has 0 radical (unpaired) electrons. The molecular formula is C14H16F3NO2S. The summed E-state index contributed by atoms with van der Waals surface area (Å²) in [5.41, 5.74) is -4.47. The molecule has 0 heterocycles. The number of amides is 1. The molecule has 1 aliphatic carbocycles. The third-order valence-corrected chi connectivity index (χ3v) is 4.39. The molecule has 0 aromatic heterocycles. The van der Waals surface area contributed by atoms with Gasteiger partial charge in [-0.1, -0.05) is 12.1 Å². The van der Waals surface area contributed by atoms with Crippen molar-refractivity contribution in [3.63, 3.8) is 0 Å². The maximum atomic E-state index is 12.5. The second-order valence-electron chi connectivity index (χ2n) is 5.20. The number of rotatable bonds is 6. The van der Waals surface area contributed by atoms with Crippen LogP contribution in [0.25, 0.3) is 0 Å². The Balaban J connectivity index is 2.02. The van der Waals surface area contributed by atoms with E-state index in [1.807, 2.05) is 0 Å². The number of alkyl halides is 3. The lowest BCUT2D eigenvalue weighted by atomic mass is 10.0. The van der Waals surface area contributed by atoms with Crippen LogP contribution in [-0.2, 0) is 0 Å². The van der Waals surface area contributed by atoms with Crippen molar-refractivity contribution in [2.24, 2.45) is 5.41 Å². The van der Waals surface area contributed by atoms with Gasteiger partial charge < -0.3 is 10.4 Å². The molecule has 1 aliphatic rings. The second kappa shape index (κ2) is 6.27. The van der Waals surface area contributed by atoms with E-state index >= 15 is 0 Å². The lowest BCUT2D eigenvalue weighted by molar-refractivity contribution is -0.0328.